The fraction of sp³-hybridized carbons (Fsp3) is 0.0526. The number of carbonyl (C=O) groups is 1. The molecule has 134 valence electrons. The molecule has 0 saturated carbocycles. The number of fused-ring (bicyclic) bond motifs is 1. The van der Waals surface area contributed by atoms with Gasteiger partial charge in [0.25, 0.3) is 5.56 Å². The molecule has 0 fully saturated rings. The highest BCUT2D eigenvalue weighted by molar-refractivity contribution is 5.91. The highest BCUT2D eigenvalue weighted by atomic mass is 16.2. The molecule has 0 spiro atoms. The van der Waals surface area contributed by atoms with Gasteiger partial charge >= 0.3 is 5.69 Å². The Morgan fingerprint density at radius 2 is 1.89 bits per heavy atom. The van der Waals surface area contributed by atoms with Crippen molar-refractivity contribution in [1.82, 2.24) is 19.5 Å². The zero-order valence-electron chi connectivity index (χ0n) is 14.1. The van der Waals surface area contributed by atoms with Crippen LogP contribution in [0.15, 0.2) is 70.4 Å². The van der Waals surface area contributed by atoms with Crippen LogP contribution >= 0.6 is 0 Å². The van der Waals surface area contributed by atoms with Gasteiger partial charge < -0.3 is 10.3 Å². The topological polar surface area (TPSA) is 113 Å². The van der Waals surface area contributed by atoms with Crippen molar-refractivity contribution in [2.75, 3.05) is 5.32 Å². The van der Waals surface area contributed by atoms with E-state index in [1.807, 2.05) is 36.4 Å². The van der Waals surface area contributed by atoms with Crippen LogP contribution in [0.4, 0.5) is 5.69 Å². The van der Waals surface area contributed by atoms with E-state index in [1.54, 1.807) is 12.1 Å². The summed E-state index contributed by atoms with van der Waals surface area (Å²) in [6.07, 6.45) is 1.28. The summed E-state index contributed by atoms with van der Waals surface area (Å²) in [4.78, 5) is 44.9. The quantitative estimate of drug-likeness (QED) is 0.514. The Bertz CT molecular complexity index is 1220. The molecule has 8 heteroatoms. The van der Waals surface area contributed by atoms with Crippen LogP contribution in [0.3, 0.4) is 0 Å². The SMILES string of the molecule is O=C(Cn1ccc(=O)[nH]c1=O)Nc1cccc(-c2nc3ccccc3[nH]2)c1. The van der Waals surface area contributed by atoms with Gasteiger partial charge in [0.2, 0.25) is 5.91 Å². The molecular weight excluding hydrogens is 346 g/mol. The van der Waals surface area contributed by atoms with Gasteiger partial charge in [-0.25, -0.2) is 9.78 Å². The molecule has 3 N–H and O–H groups in total. The van der Waals surface area contributed by atoms with Gasteiger partial charge in [-0.05, 0) is 24.3 Å². The molecule has 8 nitrogen and oxygen atoms in total. The smallest absolute Gasteiger partial charge is 0.328 e. The molecule has 0 unspecified atom stereocenters. The number of nitrogens with zero attached hydrogens (tertiary/aromatic N) is 2. The second-order valence-corrected chi connectivity index (χ2v) is 5.97. The number of imidazole rings is 1. The van der Waals surface area contributed by atoms with Crippen molar-refractivity contribution in [2.24, 2.45) is 0 Å². The average molecular weight is 361 g/mol. The molecule has 0 radical (unpaired) electrons. The van der Waals surface area contributed by atoms with Crippen molar-refractivity contribution >= 4 is 22.6 Å². The number of benzene rings is 2. The van der Waals surface area contributed by atoms with Gasteiger partial charge in [-0.2, -0.15) is 0 Å². The first-order valence-corrected chi connectivity index (χ1v) is 8.23. The van der Waals surface area contributed by atoms with Crippen LogP contribution in [0, 0.1) is 0 Å². The molecule has 4 rings (SSSR count). The fourth-order valence-corrected chi connectivity index (χ4v) is 2.76. The molecule has 0 atom stereocenters. The van der Waals surface area contributed by atoms with E-state index in [-0.39, 0.29) is 12.5 Å². The number of amides is 1. The van der Waals surface area contributed by atoms with E-state index in [0.717, 1.165) is 21.2 Å². The van der Waals surface area contributed by atoms with Crippen LogP contribution in [0.1, 0.15) is 0 Å². The van der Waals surface area contributed by atoms with Crippen molar-refractivity contribution < 1.29 is 4.79 Å². The summed E-state index contributed by atoms with van der Waals surface area (Å²) in [5, 5.41) is 2.74. The van der Waals surface area contributed by atoms with Crippen LogP contribution in [0.5, 0.6) is 0 Å². The molecule has 0 aliphatic heterocycles. The Kier molecular flexibility index (Phi) is 4.13. The van der Waals surface area contributed by atoms with E-state index < -0.39 is 11.2 Å². The minimum atomic E-state index is -0.631. The molecule has 2 aromatic heterocycles. The van der Waals surface area contributed by atoms with Crippen LogP contribution in [0.25, 0.3) is 22.4 Å². The zero-order chi connectivity index (χ0) is 18.8. The number of hydrogen-bond donors (Lipinski definition) is 3. The van der Waals surface area contributed by atoms with Crippen LogP contribution < -0.4 is 16.6 Å². The lowest BCUT2D eigenvalue weighted by Crippen LogP contribution is -2.32. The van der Waals surface area contributed by atoms with Crippen molar-refractivity contribution in [1.29, 1.82) is 0 Å². The van der Waals surface area contributed by atoms with Crippen LogP contribution in [-0.2, 0) is 11.3 Å². The molecule has 1 amide bonds. The maximum Gasteiger partial charge on any atom is 0.328 e. The Hall–Kier alpha value is -3.94. The maximum absolute atomic E-state index is 12.2. The molecule has 0 aliphatic carbocycles. The highest BCUT2D eigenvalue weighted by Gasteiger charge is 2.08. The summed E-state index contributed by atoms with van der Waals surface area (Å²) in [5.74, 6) is 0.315. The predicted octanol–water partition coefficient (Wildman–Crippen LogP) is 1.72. The number of carbonyl (C=O) groups excluding carboxylic acids is 1. The first-order valence-electron chi connectivity index (χ1n) is 8.23. The summed E-state index contributed by atoms with van der Waals surface area (Å²) < 4.78 is 1.12. The molecule has 4 aromatic rings. The first kappa shape index (κ1) is 16.5. The maximum atomic E-state index is 12.2. The predicted molar refractivity (Wildman–Crippen MR) is 101 cm³/mol. The van der Waals surface area contributed by atoms with E-state index in [2.05, 4.69) is 20.3 Å². The van der Waals surface area contributed by atoms with E-state index in [4.69, 9.17) is 0 Å². The normalized spacial score (nSPS) is 10.8. The second-order valence-electron chi connectivity index (χ2n) is 5.97. The minimum Gasteiger partial charge on any atom is -0.338 e. The van der Waals surface area contributed by atoms with Crippen molar-refractivity contribution in [3.05, 3.63) is 81.6 Å². The van der Waals surface area contributed by atoms with Gasteiger partial charge in [0.05, 0.1) is 11.0 Å². The lowest BCUT2D eigenvalue weighted by Gasteiger charge is -2.08. The van der Waals surface area contributed by atoms with Gasteiger partial charge in [0, 0.05) is 23.5 Å². The molecule has 0 bridgehead atoms. The number of anilines is 1. The van der Waals surface area contributed by atoms with Gasteiger partial charge in [0.1, 0.15) is 12.4 Å². The summed E-state index contributed by atoms with van der Waals surface area (Å²) in [7, 11) is 0. The molecule has 27 heavy (non-hydrogen) atoms. The Balaban J connectivity index is 1.54. The van der Waals surface area contributed by atoms with Gasteiger partial charge in [-0.1, -0.05) is 24.3 Å². The summed E-state index contributed by atoms with van der Waals surface area (Å²) >= 11 is 0. The van der Waals surface area contributed by atoms with Gasteiger partial charge in [-0.3, -0.25) is 19.1 Å². The Labute approximate surface area is 152 Å². The third-order valence-electron chi connectivity index (χ3n) is 4.02. The lowest BCUT2D eigenvalue weighted by molar-refractivity contribution is -0.116. The molecule has 0 aliphatic rings. The number of aromatic nitrogens is 4. The molecule has 2 heterocycles. The summed E-state index contributed by atoms with van der Waals surface area (Å²) in [5.41, 5.74) is 2.06. The number of nitrogens with one attached hydrogen (secondary N) is 3. The van der Waals surface area contributed by atoms with E-state index in [1.165, 1.54) is 12.3 Å². The number of para-hydroxylation sites is 2. The van der Waals surface area contributed by atoms with Gasteiger partial charge in [0.15, 0.2) is 0 Å². The standard InChI is InChI=1S/C19H15N5O3/c25-16-8-9-24(19(27)23-16)11-17(26)20-13-5-3-4-12(10-13)18-21-14-6-1-2-7-15(14)22-18/h1-10H,11H2,(H,20,26)(H,21,22)(H,23,25,27). The molecule has 0 saturated heterocycles. The Morgan fingerprint density at radius 1 is 1.04 bits per heavy atom. The zero-order valence-corrected chi connectivity index (χ0v) is 14.1. The summed E-state index contributed by atoms with van der Waals surface area (Å²) in [6.45, 7) is -0.204. The number of rotatable bonds is 4. The molecular formula is C19H15N5O3. The second kappa shape index (κ2) is 6.75. The Morgan fingerprint density at radius 3 is 2.70 bits per heavy atom. The average Bonchev–Trinajstić information content (AvgIpc) is 3.08. The van der Waals surface area contributed by atoms with Crippen molar-refractivity contribution in [2.45, 2.75) is 6.54 Å². The van der Waals surface area contributed by atoms with E-state index in [9.17, 15) is 14.4 Å². The third kappa shape index (κ3) is 3.54. The van der Waals surface area contributed by atoms with Crippen molar-refractivity contribution in [3.63, 3.8) is 0 Å². The highest BCUT2D eigenvalue weighted by Crippen LogP contribution is 2.23. The minimum absolute atomic E-state index is 0.204. The first-order chi connectivity index (χ1) is 13.1. The number of aromatic amines is 2. The monoisotopic (exact) mass is 361 g/mol. The third-order valence-corrected chi connectivity index (χ3v) is 4.02. The number of hydrogen-bond acceptors (Lipinski definition) is 4. The summed E-state index contributed by atoms with van der Waals surface area (Å²) in [6, 6.07) is 16.1. The van der Waals surface area contributed by atoms with E-state index >= 15 is 0 Å². The largest absolute Gasteiger partial charge is 0.338 e. The van der Waals surface area contributed by atoms with Gasteiger partial charge in [-0.15, -0.1) is 0 Å². The lowest BCUT2D eigenvalue weighted by atomic mass is 10.2. The van der Waals surface area contributed by atoms with Crippen LogP contribution in [-0.4, -0.2) is 25.4 Å². The van der Waals surface area contributed by atoms with Crippen molar-refractivity contribution in [3.8, 4) is 11.4 Å². The fourth-order valence-electron chi connectivity index (χ4n) is 2.76. The van der Waals surface area contributed by atoms with Crippen LogP contribution in [0.2, 0.25) is 0 Å². The number of H-pyrrole nitrogens is 2. The van der Waals surface area contributed by atoms with E-state index in [0.29, 0.717) is 11.5 Å². The molecule has 2 aromatic carbocycles.